The van der Waals surface area contributed by atoms with E-state index in [-0.39, 0.29) is 11.4 Å². The predicted molar refractivity (Wildman–Crippen MR) is 90.2 cm³/mol. The van der Waals surface area contributed by atoms with E-state index in [0.717, 1.165) is 0 Å². The number of nitrogens with one attached hydrogen (secondary N) is 1. The molecule has 11 nitrogen and oxygen atoms in total. The van der Waals surface area contributed by atoms with Crippen molar-refractivity contribution in [2.45, 2.75) is 6.92 Å². The minimum absolute atomic E-state index is 0.0239. The van der Waals surface area contributed by atoms with Gasteiger partial charge in [-0.15, -0.1) is 0 Å². The molecule has 2 aromatic rings. The van der Waals surface area contributed by atoms with E-state index in [1.165, 1.54) is 12.3 Å². The SMILES string of the molecule is Cc1nonc1C(=O)NN=Cc1ccc(N2CCOCC2)c([N+](=O)[O-])c1. The van der Waals surface area contributed by atoms with Gasteiger partial charge in [0.25, 0.3) is 11.6 Å². The summed E-state index contributed by atoms with van der Waals surface area (Å²) in [6.45, 7) is 3.82. The van der Waals surface area contributed by atoms with Crippen LogP contribution in [0.15, 0.2) is 27.9 Å². The Morgan fingerprint density at radius 2 is 2.15 bits per heavy atom. The van der Waals surface area contributed by atoms with Gasteiger partial charge in [-0.1, -0.05) is 11.2 Å². The first-order valence-corrected chi connectivity index (χ1v) is 7.80. The number of hydrogen-bond donors (Lipinski definition) is 1. The van der Waals surface area contributed by atoms with Crippen molar-refractivity contribution < 1.29 is 19.1 Å². The van der Waals surface area contributed by atoms with E-state index >= 15 is 0 Å². The van der Waals surface area contributed by atoms with Gasteiger partial charge in [-0.25, -0.2) is 10.1 Å². The van der Waals surface area contributed by atoms with Crippen LogP contribution in [0, 0.1) is 17.0 Å². The molecule has 1 amide bonds. The third-order valence-electron chi connectivity index (χ3n) is 3.80. The normalized spacial score (nSPS) is 14.6. The number of morpholine rings is 1. The van der Waals surface area contributed by atoms with Gasteiger partial charge in [0.2, 0.25) is 0 Å². The molecule has 3 rings (SSSR count). The van der Waals surface area contributed by atoms with E-state index < -0.39 is 10.8 Å². The number of nitro benzene ring substituents is 1. The Hall–Kier alpha value is -3.34. The number of benzene rings is 1. The van der Waals surface area contributed by atoms with Gasteiger partial charge in [-0.3, -0.25) is 14.9 Å². The predicted octanol–water partition coefficient (Wildman–Crippen LogP) is 0.887. The third-order valence-corrected chi connectivity index (χ3v) is 3.80. The summed E-state index contributed by atoms with van der Waals surface area (Å²) in [5.41, 5.74) is 3.61. The second-order valence-electron chi connectivity index (χ2n) is 5.50. The molecule has 1 aromatic carbocycles. The standard InChI is InChI=1S/C15H16N6O5/c1-10-14(19-26-18-10)15(22)17-16-9-11-2-3-12(13(8-11)21(23)24)20-4-6-25-7-5-20/h2-3,8-9H,4-7H2,1H3,(H,17,22). The number of nitro groups is 1. The number of amides is 1. The van der Waals surface area contributed by atoms with Crippen LogP contribution in [-0.2, 0) is 4.74 Å². The molecule has 1 N–H and O–H groups in total. The van der Waals surface area contributed by atoms with Gasteiger partial charge in [0.15, 0.2) is 5.69 Å². The topological polar surface area (TPSA) is 136 Å². The Kier molecular flexibility index (Phi) is 5.17. The molecular weight excluding hydrogens is 344 g/mol. The summed E-state index contributed by atoms with van der Waals surface area (Å²) in [4.78, 5) is 24.7. The fourth-order valence-electron chi connectivity index (χ4n) is 2.49. The van der Waals surface area contributed by atoms with Crippen LogP contribution in [0.5, 0.6) is 0 Å². The molecule has 136 valence electrons. The Labute approximate surface area is 147 Å². The molecule has 0 unspecified atom stereocenters. The molecule has 0 bridgehead atoms. The lowest BCUT2D eigenvalue weighted by Gasteiger charge is -2.28. The number of anilines is 1. The van der Waals surface area contributed by atoms with Crippen LogP contribution in [0.3, 0.4) is 0 Å². The zero-order valence-corrected chi connectivity index (χ0v) is 13.9. The molecule has 0 atom stereocenters. The average molecular weight is 360 g/mol. The number of hydrazone groups is 1. The first-order valence-electron chi connectivity index (χ1n) is 7.80. The zero-order valence-electron chi connectivity index (χ0n) is 13.9. The summed E-state index contributed by atoms with van der Waals surface area (Å²) >= 11 is 0. The molecule has 1 aliphatic rings. The van der Waals surface area contributed by atoms with Crippen LogP contribution < -0.4 is 10.3 Å². The molecule has 0 saturated carbocycles. The summed E-state index contributed by atoms with van der Waals surface area (Å²) in [6.07, 6.45) is 1.32. The van der Waals surface area contributed by atoms with Gasteiger partial charge in [-0.2, -0.15) is 5.10 Å². The highest BCUT2D eigenvalue weighted by Gasteiger charge is 2.21. The van der Waals surface area contributed by atoms with Crippen molar-refractivity contribution in [3.8, 4) is 0 Å². The zero-order chi connectivity index (χ0) is 18.5. The fourth-order valence-corrected chi connectivity index (χ4v) is 2.49. The molecular formula is C15H16N6O5. The summed E-state index contributed by atoms with van der Waals surface area (Å²) < 4.78 is 9.71. The van der Waals surface area contributed by atoms with Crippen molar-refractivity contribution in [3.05, 3.63) is 45.3 Å². The van der Waals surface area contributed by atoms with Crippen LogP contribution in [0.2, 0.25) is 0 Å². The minimum Gasteiger partial charge on any atom is -0.378 e. The Morgan fingerprint density at radius 1 is 1.38 bits per heavy atom. The number of aryl methyl sites for hydroxylation is 1. The molecule has 1 fully saturated rings. The summed E-state index contributed by atoms with van der Waals surface area (Å²) in [6, 6.07) is 4.76. The number of rotatable bonds is 5. The van der Waals surface area contributed by atoms with Crippen LogP contribution in [0.25, 0.3) is 0 Å². The van der Waals surface area contributed by atoms with Crippen LogP contribution in [-0.4, -0.2) is 53.7 Å². The Balaban J connectivity index is 1.74. The van der Waals surface area contributed by atoms with Crippen LogP contribution in [0.4, 0.5) is 11.4 Å². The fraction of sp³-hybridized carbons (Fsp3) is 0.333. The second kappa shape index (κ2) is 7.70. The van der Waals surface area contributed by atoms with Gasteiger partial charge in [-0.05, 0) is 18.1 Å². The molecule has 26 heavy (non-hydrogen) atoms. The van der Waals surface area contributed by atoms with E-state index in [0.29, 0.717) is 43.2 Å². The highest BCUT2D eigenvalue weighted by atomic mass is 16.6. The smallest absolute Gasteiger partial charge is 0.295 e. The molecule has 11 heteroatoms. The van der Waals surface area contributed by atoms with Gasteiger partial charge in [0.1, 0.15) is 11.4 Å². The maximum atomic E-state index is 11.8. The maximum absolute atomic E-state index is 11.8. The van der Waals surface area contributed by atoms with E-state index in [1.807, 2.05) is 4.90 Å². The third kappa shape index (κ3) is 3.83. The van der Waals surface area contributed by atoms with Crippen molar-refractivity contribution in [2.75, 3.05) is 31.2 Å². The minimum atomic E-state index is -0.584. The monoisotopic (exact) mass is 360 g/mol. The number of carbonyl (C=O) groups excluding carboxylic acids is 1. The molecule has 1 saturated heterocycles. The van der Waals surface area contributed by atoms with E-state index in [9.17, 15) is 14.9 Å². The first-order chi connectivity index (χ1) is 12.6. The number of aromatic nitrogens is 2. The second-order valence-corrected chi connectivity index (χ2v) is 5.50. The maximum Gasteiger partial charge on any atom is 0.295 e. The lowest BCUT2D eigenvalue weighted by atomic mass is 10.1. The lowest BCUT2D eigenvalue weighted by molar-refractivity contribution is -0.384. The van der Waals surface area contributed by atoms with Gasteiger partial charge < -0.3 is 9.64 Å². The molecule has 0 spiro atoms. The summed E-state index contributed by atoms with van der Waals surface area (Å²) in [5.74, 6) is -0.584. The number of nitrogens with zero attached hydrogens (tertiary/aromatic N) is 5. The molecule has 0 radical (unpaired) electrons. The highest BCUT2D eigenvalue weighted by molar-refractivity contribution is 5.94. The van der Waals surface area contributed by atoms with E-state index in [4.69, 9.17) is 4.74 Å². The van der Waals surface area contributed by atoms with E-state index in [1.54, 1.807) is 19.1 Å². The molecule has 1 aromatic heterocycles. The molecule has 1 aliphatic heterocycles. The molecule has 0 aliphatic carbocycles. The average Bonchev–Trinajstić information content (AvgIpc) is 3.08. The van der Waals surface area contributed by atoms with E-state index in [2.05, 4.69) is 25.5 Å². The van der Waals surface area contributed by atoms with Crippen molar-refractivity contribution in [3.63, 3.8) is 0 Å². The van der Waals surface area contributed by atoms with Gasteiger partial charge in [0, 0.05) is 24.7 Å². The summed E-state index contributed by atoms with van der Waals surface area (Å²) in [7, 11) is 0. The van der Waals surface area contributed by atoms with Crippen LogP contribution >= 0.6 is 0 Å². The quantitative estimate of drug-likeness (QED) is 0.471. The lowest BCUT2D eigenvalue weighted by Crippen LogP contribution is -2.36. The summed E-state index contributed by atoms with van der Waals surface area (Å²) in [5, 5.41) is 22.2. The van der Waals surface area contributed by atoms with Crippen molar-refractivity contribution in [1.29, 1.82) is 0 Å². The highest BCUT2D eigenvalue weighted by Crippen LogP contribution is 2.29. The largest absolute Gasteiger partial charge is 0.378 e. The molecule has 2 heterocycles. The van der Waals surface area contributed by atoms with Crippen molar-refractivity contribution >= 4 is 23.5 Å². The first kappa shape index (κ1) is 17.5. The number of ether oxygens (including phenoxy) is 1. The Bertz CT molecular complexity index is 843. The van der Waals surface area contributed by atoms with Gasteiger partial charge >= 0.3 is 0 Å². The number of carbonyl (C=O) groups is 1. The van der Waals surface area contributed by atoms with Crippen LogP contribution in [0.1, 0.15) is 21.7 Å². The van der Waals surface area contributed by atoms with Gasteiger partial charge in [0.05, 0.1) is 24.4 Å². The van der Waals surface area contributed by atoms with Crippen molar-refractivity contribution in [2.24, 2.45) is 5.10 Å². The Morgan fingerprint density at radius 3 is 2.81 bits per heavy atom. The number of hydrogen-bond acceptors (Lipinski definition) is 9. The van der Waals surface area contributed by atoms with Crippen molar-refractivity contribution in [1.82, 2.24) is 15.7 Å².